The summed E-state index contributed by atoms with van der Waals surface area (Å²) >= 11 is 0. The molecule has 0 N–H and O–H groups in total. The number of hydrogen-bond donors (Lipinski definition) is 0. The van der Waals surface area contributed by atoms with E-state index < -0.39 is 5.97 Å². The Labute approximate surface area is 115 Å². The van der Waals surface area contributed by atoms with Gasteiger partial charge in [0.25, 0.3) is 0 Å². The smallest absolute Gasteiger partial charge is 0.356 e. The van der Waals surface area contributed by atoms with Crippen LogP contribution in [-0.2, 0) is 4.74 Å². The third-order valence-electron chi connectivity index (χ3n) is 3.08. The molecule has 3 rings (SSSR count). The number of methoxy groups -OCH3 is 1. The largest absolute Gasteiger partial charge is 0.464 e. The van der Waals surface area contributed by atoms with Gasteiger partial charge in [-0.1, -0.05) is 30.3 Å². The van der Waals surface area contributed by atoms with Crippen molar-refractivity contribution in [3.8, 4) is 11.1 Å². The van der Waals surface area contributed by atoms with Crippen LogP contribution in [0.3, 0.4) is 0 Å². The molecule has 2 heterocycles. The number of nitrogens with zero attached hydrogens (tertiary/aromatic N) is 3. The molecule has 0 aliphatic carbocycles. The van der Waals surface area contributed by atoms with Gasteiger partial charge in [0, 0.05) is 11.3 Å². The van der Waals surface area contributed by atoms with E-state index in [1.54, 1.807) is 12.3 Å². The van der Waals surface area contributed by atoms with Crippen LogP contribution in [0.4, 0.5) is 0 Å². The Morgan fingerprint density at radius 3 is 2.70 bits per heavy atom. The monoisotopic (exact) mass is 267 g/mol. The predicted octanol–water partition coefficient (Wildman–Crippen LogP) is 2.49. The van der Waals surface area contributed by atoms with Gasteiger partial charge in [-0.3, -0.25) is 0 Å². The maximum atomic E-state index is 11.8. The van der Waals surface area contributed by atoms with Crippen LogP contribution in [0.5, 0.6) is 0 Å². The first-order chi connectivity index (χ1) is 9.70. The van der Waals surface area contributed by atoms with Gasteiger partial charge in [-0.25, -0.2) is 14.3 Å². The van der Waals surface area contributed by atoms with E-state index in [0.29, 0.717) is 11.3 Å². The third-order valence-corrected chi connectivity index (χ3v) is 3.08. The fourth-order valence-electron chi connectivity index (χ4n) is 2.16. The molecule has 0 saturated heterocycles. The number of carbonyl (C=O) groups excluding carboxylic acids is 1. The van der Waals surface area contributed by atoms with Crippen molar-refractivity contribution in [3.63, 3.8) is 0 Å². The Morgan fingerprint density at radius 2 is 2.00 bits per heavy atom. The van der Waals surface area contributed by atoms with Crippen molar-refractivity contribution >= 4 is 11.6 Å². The quantitative estimate of drug-likeness (QED) is 0.669. The van der Waals surface area contributed by atoms with Crippen molar-refractivity contribution in [2.45, 2.75) is 6.92 Å². The molecular formula is C15H13N3O2. The highest BCUT2D eigenvalue weighted by atomic mass is 16.5. The molecule has 5 heteroatoms. The van der Waals surface area contributed by atoms with E-state index in [4.69, 9.17) is 4.74 Å². The first-order valence-corrected chi connectivity index (χ1v) is 6.20. The van der Waals surface area contributed by atoms with E-state index in [1.807, 2.05) is 37.3 Å². The maximum absolute atomic E-state index is 11.8. The lowest BCUT2D eigenvalue weighted by molar-refractivity contribution is 0.0590. The van der Waals surface area contributed by atoms with Crippen LogP contribution in [0.2, 0.25) is 0 Å². The molecule has 0 fully saturated rings. The second kappa shape index (κ2) is 4.77. The SMILES string of the molecule is COC(=O)c1cc(C)nc2c(-c3ccccc3)cnn12. The molecule has 100 valence electrons. The van der Waals surface area contributed by atoms with Crippen LogP contribution in [0.25, 0.3) is 16.8 Å². The molecule has 5 nitrogen and oxygen atoms in total. The molecule has 0 bridgehead atoms. The van der Waals surface area contributed by atoms with Crippen LogP contribution in [0.1, 0.15) is 16.2 Å². The van der Waals surface area contributed by atoms with Crippen molar-refractivity contribution in [1.29, 1.82) is 0 Å². The molecule has 0 unspecified atom stereocenters. The number of aryl methyl sites for hydroxylation is 1. The van der Waals surface area contributed by atoms with Gasteiger partial charge in [-0.15, -0.1) is 0 Å². The average molecular weight is 267 g/mol. The second-order valence-corrected chi connectivity index (χ2v) is 4.43. The maximum Gasteiger partial charge on any atom is 0.356 e. The van der Waals surface area contributed by atoms with Gasteiger partial charge in [0.2, 0.25) is 0 Å². The molecule has 0 aliphatic heterocycles. The lowest BCUT2D eigenvalue weighted by atomic mass is 10.1. The van der Waals surface area contributed by atoms with Gasteiger partial charge in [0.1, 0.15) is 0 Å². The second-order valence-electron chi connectivity index (χ2n) is 4.43. The summed E-state index contributed by atoms with van der Waals surface area (Å²) in [5.74, 6) is -0.428. The minimum Gasteiger partial charge on any atom is -0.464 e. The molecule has 0 amide bonds. The average Bonchev–Trinajstić information content (AvgIpc) is 2.90. The molecular weight excluding hydrogens is 254 g/mol. The highest BCUT2D eigenvalue weighted by molar-refractivity contribution is 5.89. The summed E-state index contributed by atoms with van der Waals surface area (Å²) in [5.41, 5.74) is 3.67. The van der Waals surface area contributed by atoms with Gasteiger partial charge in [0.15, 0.2) is 11.3 Å². The normalized spacial score (nSPS) is 10.7. The lowest BCUT2D eigenvalue weighted by Crippen LogP contribution is -2.10. The minimum absolute atomic E-state index is 0.372. The zero-order valence-electron chi connectivity index (χ0n) is 11.2. The highest BCUT2D eigenvalue weighted by Gasteiger charge is 2.16. The Balaban J connectivity index is 2.28. The van der Waals surface area contributed by atoms with Gasteiger partial charge in [-0.05, 0) is 18.6 Å². The van der Waals surface area contributed by atoms with E-state index in [2.05, 4.69) is 10.1 Å². The molecule has 3 aromatic rings. The van der Waals surface area contributed by atoms with Gasteiger partial charge >= 0.3 is 5.97 Å². The summed E-state index contributed by atoms with van der Waals surface area (Å²) in [4.78, 5) is 16.3. The van der Waals surface area contributed by atoms with E-state index in [9.17, 15) is 4.79 Å². The van der Waals surface area contributed by atoms with Crippen molar-refractivity contribution in [2.24, 2.45) is 0 Å². The predicted molar refractivity (Wildman–Crippen MR) is 74.5 cm³/mol. The molecule has 0 aliphatic rings. The number of hydrogen-bond acceptors (Lipinski definition) is 4. The van der Waals surface area contributed by atoms with E-state index in [0.717, 1.165) is 16.8 Å². The Bertz CT molecular complexity index is 778. The number of ether oxygens (including phenoxy) is 1. The van der Waals surface area contributed by atoms with E-state index in [-0.39, 0.29) is 0 Å². The van der Waals surface area contributed by atoms with E-state index >= 15 is 0 Å². The Morgan fingerprint density at radius 1 is 1.25 bits per heavy atom. The van der Waals surface area contributed by atoms with Gasteiger partial charge in [0.05, 0.1) is 13.3 Å². The van der Waals surface area contributed by atoms with Crippen molar-refractivity contribution in [1.82, 2.24) is 14.6 Å². The summed E-state index contributed by atoms with van der Waals surface area (Å²) in [6, 6.07) is 11.5. The van der Waals surface area contributed by atoms with Crippen LogP contribution < -0.4 is 0 Å². The van der Waals surface area contributed by atoms with Gasteiger partial charge in [-0.2, -0.15) is 5.10 Å². The summed E-state index contributed by atoms with van der Waals surface area (Å²) in [5, 5.41) is 4.26. The van der Waals surface area contributed by atoms with Crippen LogP contribution in [0, 0.1) is 6.92 Å². The Hall–Kier alpha value is -2.69. The first kappa shape index (κ1) is 12.3. The molecule has 2 aromatic heterocycles. The van der Waals surface area contributed by atoms with Crippen molar-refractivity contribution in [2.75, 3.05) is 7.11 Å². The molecule has 0 spiro atoms. The zero-order valence-corrected chi connectivity index (χ0v) is 11.2. The number of esters is 1. The fourth-order valence-corrected chi connectivity index (χ4v) is 2.16. The third kappa shape index (κ3) is 1.93. The zero-order chi connectivity index (χ0) is 14.1. The Kier molecular flexibility index (Phi) is 2.95. The lowest BCUT2D eigenvalue weighted by Gasteiger charge is -2.05. The van der Waals surface area contributed by atoms with Crippen molar-refractivity contribution < 1.29 is 9.53 Å². The number of carbonyl (C=O) groups is 1. The number of aromatic nitrogens is 3. The molecule has 1 aromatic carbocycles. The van der Waals surface area contributed by atoms with Crippen LogP contribution >= 0.6 is 0 Å². The minimum atomic E-state index is -0.428. The summed E-state index contributed by atoms with van der Waals surface area (Å²) in [6.45, 7) is 1.84. The number of fused-ring (bicyclic) bond motifs is 1. The number of rotatable bonds is 2. The first-order valence-electron chi connectivity index (χ1n) is 6.20. The van der Waals surface area contributed by atoms with Crippen molar-refractivity contribution in [3.05, 3.63) is 54.0 Å². The van der Waals surface area contributed by atoms with Gasteiger partial charge < -0.3 is 4.74 Å². The van der Waals surface area contributed by atoms with Crippen LogP contribution in [0.15, 0.2) is 42.6 Å². The molecule has 20 heavy (non-hydrogen) atoms. The summed E-state index contributed by atoms with van der Waals surface area (Å²) in [7, 11) is 1.35. The van der Waals surface area contributed by atoms with E-state index in [1.165, 1.54) is 11.6 Å². The highest BCUT2D eigenvalue weighted by Crippen LogP contribution is 2.24. The summed E-state index contributed by atoms with van der Waals surface area (Å²) < 4.78 is 6.30. The van der Waals surface area contributed by atoms with Crippen LogP contribution in [-0.4, -0.2) is 27.7 Å². The molecule has 0 atom stereocenters. The summed E-state index contributed by atoms with van der Waals surface area (Å²) in [6.07, 6.45) is 1.71. The number of benzene rings is 1. The standard InChI is InChI=1S/C15H13N3O2/c1-10-8-13(15(19)20-2)18-14(17-10)12(9-16-18)11-6-4-3-5-7-11/h3-9H,1-2H3. The molecule has 0 saturated carbocycles. The fraction of sp³-hybridized carbons (Fsp3) is 0.133. The topological polar surface area (TPSA) is 56.5 Å². The molecule has 0 radical (unpaired) electrons.